The molecule has 9 heteroatoms. The van der Waals surface area contributed by atoms with Crippen molar-refractivity contribution in [1.29, 1.82) is 0 Å². The summed E-state index contributed by atoms with van der Waals surface area (Å²) < 4.78 is 6.52. The van der Waals surface area contributed by atoms with E-state index in [1.165, 1.54) is 40.0 Å². The molecule has 1 atom stereocenters. The minimum Gasteiger partial charge on any atom is -0.410 e. The van der Waals surface area contributed by atoms with Gasteiger partial charge in [0.05, 0.1) is 21.5 Å². The molecule has 0 saturated carbocycles. The number of aromatic nitrogens is 2. The highest BCUT2D eigenvalue weighted by molar-refractivity contribution is 7.99. The summed E-state index contributed by atoms with van der Waals surface area (Å²) in [5.41, 5.74) is 1.41. The van der Waals surface area contributed by atoms with Crippen LogP contribution in [0.5, 0.6) is 0 Å². The van der Waals surface area contributed by atoms with Crippen molar-refractivity contribution >= 4 is 51.9 Å². The van der Waals surface area contributed by atoms with E-state index >= 15 is 0 Å². The first-order valence-corrected chi connectivity index (χ1v) is 12.0. The van der Waals surface area contributed by atoms with Crippen molar-refractivity contribution in [3.05, 3.63) is 37.9 Å². The van der Waals surface area contributed by atoms with Crippen LogP contribution >= 0.6 is 46.0 Å². The third-order valence-corrected chi connectivity index (χ3v) is 7.96. The van der Waals surface area contributed by atoms with Crippen LogP contribution in [0, 0.1) is 5.92 Å². The number of rotatable bonds is 6. The van der Waals surface area contributed by atoms with Gasteiger partial charge in [0.2, 0.25) is 5.91 Å². The second kappa shape index (κ2) is 8.57. The number of thiophene rings is 2. The van der Waals surface area contributed by atoms with Gasteiger partial charge in [-0.15, -0.1) is 32.9 Å². The monoisotopic (exact) mass is 453 g/mol. The number of nitrogens with zero attached hydrogens (tertiary/aromatic N) is 3. The second-order valence-corrected chi connectivity index (χ2v) is 10.9. The van der Waals surface area contributed by atoms with E-state index in [4.69, 9.17) is 16.0 Å². The average molecular weight is 454 g/mol. The third kappa shape index (κ3) is 4.62. The van der Waals surface area contributed by atoms with E-state index in [1.54, 1.807) is 23.3 Å². The van der Waals surface area contributed by atoms with Crippen LogP contribution in [0.2, 0.25) is 4.34 Å². The van der Waals surface area contributed by atoms with Crippen LogP contribution in [0.1, 0.15) is 28.7 Å². The van der Waals surface area contributed by atoms with Gasteiger partial charge in [0.1, 0.15) is 0 Å². The molecular formula is C19H20ClN3O2S3. The predicted octanol–water partition coefficient (Wildman–Crippen LogP) is 5.39. The lowest BCUT2D eigenvalue weighted by molar-refractivity contribution is -0.127. The van der Waals surface area contributed by atoms with Crippen molar-refractivity contribution in [2.45, 2.75) is 38.0 Å². The summed E-state index contributed by atoms with van der Waals surface area (Å²) in [5, 5.41) is 8.70. The number of aryl methyl sites for hydroxylation is 1. The van der Waals surface area contributed by atoms with Crippen LogP contribution in [-0.2, 0) is 24.2 Å². The highest BCUT2D eigenvalue weighted by Gasteiger charge is 2.21. The van der Waals surface area contributed by atoms with Gasteiger partial charge in [-0.3, -0.25) is 4.79 Å². The smallest absolute Gasteiger partial charge is 0.277 e. The summed E-state index contributed by atoms with van der Waals surface area (Å²) in [6, 6.07) is 5.97. The van der Waals surface area contributed by atoms with Crippen LogP contribution < -0.4 is 0 Å². The zero-order valence-corrected chi connectivity index (χ0v) is 18.8. The third-order valence-electron chi connectivity index (χ3n) is 4.71. The maximum Gasteiger partial charge on any atom is 0.277 e. The molecule has 0 N–H and O–H groups in total. The minimum atomic E-state index is 0.00912. The van der Waals surface area contributed by atoms with E-state index in [0.717, 1.165) is 32.9 Å². The molecule has 0 spiro atoms. The summed E-state index contributed by atoms with van der Waals surface area (Å²) in [6.45, 7) is 2.84. The van der Waals surface area contributed by atoms with Gasteiger partial charge in [0.15, 0.2) is 0 Å². The van der Waals surface area contributed by atoms with Gasteiger partial charge in [0, 0.05) is 16.8 Å². The van der Waals surface area contributed by atoms with Crippen molar-refractivity contribution < 1.29 is 9.21 Å². The maximum absolute atomic E-state index is 12.4. The van der Waals surface area contributed by atoms with Crippen LogP contribution in [0.3, 0.4) is 0 Å². The maximum atomic E-state index is 12.4. The second-order valence-electron chi connectivity index (χ2n) is 7.02. The summed E-state index contributed by atoms with van der Waals surface area (Å²) >= 11 is 10.4. The van der Waals surface area contributed by atoms with Crippen molar-refractivity contribution in [3.8, 4) is 10.8 Å². The Morgan fingerprint density at radius 3 is 3.04 bits per heavy atom. The first kappa shape index (κ1) is 19.9. The molecule has 4 rings (SSSR count). The molecule has 0 aliphatic heterocycles. The lowest BCUT2D eigenvalue weighted by atomic mass is 9.90. The van der Waals surface area contributed by atoms with E-state index in [0.29, 0.717) is 17.7 Å². The summed E-state index contributed by atoms with van der Waals surface area (Å²) in [5.74, 6) is 1.55. The fourth-order valence-corrected chi connectivity index (χ4v) is 6.15. The fourth-order valence-electron chi connectivity index (χ4n) is 3.17. The largest absolute Gasteiger partial charge is 0.410 e. The Labute approximate surface area is 181 Å². The van der Waals surface area contributed by atoms with Gasteiger partial charge < -0.3 is 9.32 Å². The molecule has 1 amide bonds. The number of carbonyl (C=O) groups excluding carboxylic acids is 1. The average Bonchev–Trinajstić information content (AvgIpc) is 3.38. The van der Waals surface area contributed by atoms with E-state index < -0.39 is 0 Å². The first-order chi connectivity index (χ1) is 13.5. The van der Waals surface area contributed by atoms with Crippen molar-refractivity contribution in [2.75, 3.05) is 12.8 Å². The van der Waals surface area contributed by atoms with Crippen LogP contribution in [0.15, 0.2) is 27.8 Å². The highest BCUT2D eigenvalue weighted by atomic mass is 35.5. The minimum absolute atomic E-state index is 0.00912. The molecule has 1 aliphatic carbocycles. The van der Waals surface area contributed by atoms with Gasteiger partial charge in [-0.2, -0.15) is 0 Å². The number of halogens is 1. The number of hydrogen-bond donors (Lipinski definition) is 0. The summed E-state index contributed by atoms with van der Waals surface area (Å²) in [4.78, 5) is 17.6. The normalized spacial score (nSPS) is 16.2. The lowest BCUT2D eigenvalue weighted by Gasteiger charge is -2.16. The van der Waals surface area contributed by atoms with Gasteiger partial charge in [-0.05, 0) is 48.9 Å². The molecule has 3 aromatic heterocycles. The zero-order valence-electron chi connectivity index (χ0n) is 15.6. The molecule has 1 aliphatic rings. The molecule has 0 unspecified atom stereocenters. The summed E-state index contributed by atoms with van der Waals surface area (Å²) in [6.07, 6.45) is 3.50. The van der Waals surface area contributed by atoms with Gasteiger partial charge >= 0.3 is 0 Å². The van der Waals surface area contributed by atoms with Crippen molar-refractivity contribution in [1.82, 2.24) is 15.1 Å². The van der Waals surface area contributed by atoms with Gasteiger partial charge in [0.25, 0.3) is 11.1 Å². The number of thioether (sulfide) groups is 1. The topological polar surface area (TPSA) is 59.2 Å². The van der Waals surface area contributed by atoms with E-state index in [2.05, 4.69) is 23.2 Å². The Bertz CT molecular complexity index is 981. The molecule has 0 bridgehead atoms. The Morgan fingerprint density at radius 1 is 1.39 bits per heavy atom. The first-order valence-electron chi connectivity index (χ1n) is 9.04. The molecule has 5 nitrogen and oxygen atoms in total. The van der Waals surface area contributed by atoms with Crippen LogP contribution in [0.25, 0.3) is 10.8 Å². The Balaban J connectivity index is 1.34. The predicted molar refractivity (Wildman–Crippen MR) is 115 cm³/mol. The van der Waals surface area contributed by atoms with E-state index in [9.17, 15) is 4.79 Å². The highest BCUT2D eigenvalue weighted by Crippen LogP contribution is 2.37. The molecule has 3 aromatic rings. The molecule has 0 aromatic carbocycles. The number of hydrogen-bond acceptors (Lipinski definition) is 7. The van der Waals surface area contributed by atoms with Crippen molar-refractivity contribution in [2.24, 2.45) is 5.92 Å². The Morgan fingerprint density at radius 2 is 2.25 bits per heavy atom. The van der Waals surface area contributed by atoms with E-state index in [-0.39, 0.29) is 11.7 Å². The molecule has 28 heavy (non-hydrogen) atoms. The fraction of sp³-hybridized carbons (Fsp3) is 0.421. The SMILES string of the molecule is C[C@H]1CCc2sc(-c3nnc(SCC(=O)N(C)Cc4ccc(Cl)s4)o3)cc2C1. The molecular weight excluding hydrogens is 434 g/mol. The lowest BCUT2D eigenvalue weighted by Crippen LogP contribution is -2.27. The van der Waals surface area contributed by atoms with Crippen molar-refractivity contribution in [3.63, 3.8) is 0 Å². The summed E-state index contributed by atoms with van der Waals surface area (Å²) in [7, 11) is 1.78. The standard InChI is InChI=1S/C19H20ClN3O2S3/c1-11-3-5-14-12(7-11)8-15(28-14)18-21-22-19(25-18)26-10-17(24)23(2)9-13-4-6-16(20)27-13/h4,6,8,11H,3,5,7,9-10H2,1-2H3/t11-/m0/s1. The number of fused-ring (bicyclic) bond motifs is 1. The molecule has 0 radical (unpaired) electrons. The van der Waals surface area contributed by atoms with E-state index in [1.807, 2.05) is 12.1 Å². The molecule has 0 fully saturated rings. The Hall–Kier alpha value is -1.35. The zero-order chi connectivity index (χ0) is 19.7. The van der Waals surface area contributed by atoms with Gasteiger partial charge in [-0.25, -0.2) is 0 Å². The number of carbonyl (C=O) groups is 1. The van der Waals surface area contributed by atoms with Crippen LogP contribution in [0.4, 0.5) is 0 Å². The Kier molecular flexibility index (Phi) is 6.10. The molecule has 0 saturated heterocycles. The van der Waals surface area contributed by atoms with Gasteiger partial charge in [-0.1, -0.05) is 30.3 Å². The number of amides is 1. The molecule has 3 heterocycles. The van der Waals surface area contributed by atoms with Crippen LogP contribution in [-0.4, -0.2) is 33.8 Å². The quantitative estimate of drug-likeness (QED) is 0.468. The molecule has 148 valence electrons.